The topological polar surface area (TPSA) is 150 Å². The number of alkyl halides is 3. The van der Waals surface area contributed by atoms with Crippen molar-refractivity contribution in [3.8, 4) is 0 Å². The molecule has 0 aliphatic heterocycles. The van der Waals surface area contributed by atoms with Gasteiger partial charge >= 0.3 is 6.18 Å². The van der Waals surface area contributed by atoms with Crippen LogP contribution in [-0.4, -0.2) is 40.1 Å². The van der Waals surface area contributed by atoms with Crippen molar-refractivity contribution < 1.29 is 22.8 Å². The number of benzene rings is 1. The maximum Gasteiger partial charge on any atom is 0.416 e. The Morgan fingerprint density at radius 3 is 2.59 bits per heavy atom. The average molecular weight is 572 g/mol. The van der Waals surface area contributed by atoms with Crippen molar-refractivity contribution in [3.05, 3.63) is 100 Å². The lowest BCUT2D eigenvalue weighted by Crippen LogP contribution is -2.37. The lowest BCUT2D eigenvalue weighted by molar-refractivity contribution is -0.121. The summed E-state index contributed by atoms with van der Waals surface area (Å²) in [6, 6.07) is 5.89. The van der Waals surface area contributed by atoms with Crippen LogP contribution in [0.4, 0.5) is 19.0 Å². The largest absolute Gasteiger partial charge is 0.416 e. The molecular weight excluding hydrogens is 539 g/mol. The normalized spacial score (nSPS) is 17.3. The Morgan fingerprint density at radius 2 is 1.98 bits per heavy atom. The second-order valence-corrected chi connectivity index (χ2v) is 9.41. The van der Waals surface area contributed by atoms with E-state index in [4.69, 9.17) is 16.3 Å². The van der Waals surface area contributed by atoms with Crippen LogP contribution < -0.4 is 27.7 Å². The van der Waals surface area contributed by atoms with E-state index in [0.717, 1.165) is 22.3 Å². The van der Waals surface area contributed by atoms with E-state index in [1.807, 2.05) is 0 Å². The minimum absolute atomic E-state index is 0.0491. The van der Waals surface area contributed by atoms with Crippen molar-refractivity contribution >= 4 is 23.1 Å². The van der Waals surface area contributed by atoms with E-state index in [1.165, 1.54) is 12.3 Å². The number of amides is 1. The summed E-state index contributed by atoms with van der Waals surface area (Å²) in [4.78, 5) is 35.4. The molecule has 6 N–H and O–H groups in total. The van der Waals surface area contributed by atoms with E-state index < -0.39 is 41.7 Å². The van der Waals surface area contributed by atoms with E-state index in [2.05, 4.69) is 33.9 Å². The number of halogens is 3. The molecule has 2 atom stereocenters. The first-order valence-electron chi connectivity index (χ1n) is 12.5. The van der Waals surface area contributed by atoms with E-state index in [9.17, 15) is 22.8 Å². The molecule has 0 saturated heterocycles. The van der Waals surface area contributed by atoms with Gasteiger partial charge in [-0.1, -0.05) is 61.7 Å². The first-order chi connectivity index (χ1) is 19.3. The van der Waals surface area contributed by atoms with Crippen LogP contribution in [-0.2, 0) is 22.7 Å². The minimum atomic E-state index is -4.65. The Hall–Kier alpha value is -4.65. The standard InChI is InChI=1S/C28H32F3N7O3/c1-5-10-41-37-25(33)19-8-6-18(7-9-19)13-34-24(39)15-38-23(14-35-26(27(38)40)36-16(2)3)21-11-20(28(29,30)31)12-22(32)17(21)4/h5-9,11-12,14,17,22H,1-2,10,13,15,32H2,3-4H3,(H2,33,37)(H,34,39)(H,35,36). The highest BCUT2D eigenvalue weighted by Crippen LogP contribution is 2.37. The van der Waals surface area contributed by atoms with Gasteiger partial charge in [-0.05, 0) is 24.1 Å². The van der Waals surface area contributed by atoms with E-state index in [1.54, 1.807) is 38.1 Å². The molecule has 0 saturated carbocycles. The Labute approximate surface area is 235 Å². The first-order valence-corrected chi connectivity index (χ1v) is 12.5. The zero-order valence-electron chi connectivity index (χ0n) is 22.7. The molecule has 0 bridgehead atoms. The number of nitrogens with one attached hydrogen (secondary N) is 2. The fourth-order valence-corrected chi connectivity index (χ4v) is 3.96. The van der Waals surface area contributed by atoms with Gasteiger partial charge in [-0.15, -0.1) is 0 Å². The van der Waals surface area contributed by atoms with Gasteiger partial charge in [0.1, 0.15) is 13.2 Å². The Kier molecular flexibility index (Phi) is 9.90. The summed E-state index contributed by atoms with van der Waals surface area (Å²) in [5, 5.41) is 9.21. The van der Waals surface area contributed by atoms with E-state index in [-0.39, 0.29) is 36.1 Å². The minimum Gasteiger partial charge on any atom is -0.390 e. The molecule has 3 rings (SSSR count). The predicted molar refractivity (Wildman–Crippen MR) is 151 cm³/mol. The van der Waals surface area contributed by atoms with Crippen LogP contribution in [0.15, 0.2) is 83.1 Å². The second-order valence-electron chi connectivity index (χ2n) is 9.41. The van der Waals surface area contributed by atoms with Gasteiger partial charge in [-0.25, -0.2) is 4.98 Å². The van der Waals surface area contributed by atoms with Gasteiger partial charge in [0, 0.05) is 29.8 Å². The highest BCUT2D eigenvalue weighted by molar-refractivity contribution is 5.97. The second kappa shape index (κ2) is 13.1. The van der Waals surface area contributed by atoms with E-state index in [0.29, 0.717) is 11.3 Å². The number of nitrogens with zero attached hydrogens (tertiary/aromatic N) is 3. The van der Waals surface area contributed by atoms with Crippen molar-refractivity contribution in [1.29, 1.82) is 0 Å². The molecule has 218 valence electrons. The maximum atomic E-state index is 13.6. The van der Waals surface area contributed by atoms with Crippen LogP contribution in [0, 0.1) is 5.92 Å². The molecule has 10 nitrogen and oxygen atoms in total. The Balaban J connectivity index is 1.87. The quantitative estimate of drug-likeness (QED) is 0.106. The number of oxime groups is 1. The molecule has 0 fully saturated rings. The van der Waals surface area contributed by atoms with Crippen molar-refractivity contribution in [1.82, 2.24) is 14.9 Å². The van der Waals surface area contributed by atoms with Crippen molar-refractivity contribution in [3.63, 3.8) is 0 Å². The summed E-state index contributed by atoms with van der Waals surface area (Å²) >= 11 is 0. The summed E-state index contributed by atoms with van der Waals surface area (Å²) in [5.74, 6) is -1.10. The highest BCUT2D eigenvalue weighted by Gasteiger charge is 2.37. The number of nitrogens with two attached hydrogens (primary N) is 2. The summed E-state index contributed by atoms with van der Waals surface area (Å²) in [6.45, 7) is 10.3. The first kappa shape index (κ1) is 30.9. The molecule has 1 aromatic carbocycles. The van der Waals surface area contributed by atoms with Gasteiger partial charge in [0.05, 0.1) is 17.5 Å². The molecule has 1 aromatic heterocycles. The number of hydrogen-bond acceptors (Lipinski definition) is 7. The Morgan fingerprint density at radius 1 is 1.29 bits per heavy atom. The van der Waals surface area contributed by atoms with Gasteiger partial charge in [-0.2, -0.15) is 13.2 Å². The van der Waals surface area contributed by atoms with Crippen molar-refractivity contribution in [2.75, 3.05) is 11.9 Å². The number of carbonyl (C=O) groups is 1. The molecule has 2 unspecified atom stereocenters. The van der Waals surface area contributed by atoms with Gasteiger partial charge in [-0.3, -0.25) is 14.2 Å². The van der Waals surface area contributed by atoms with Crippen molar-refractivity contribution in [2.24, 2.45) is 22.5 Å². The smallest absolute Gasteiger partial charge is 0.390 e. The van der Waals surface area contributed by atoms with Crippen LogP contribution in [0.3, 0.4) is 0 Å². The fraction of sp³-hybridized carbons (Fsp3) is 0.286. The zero-order chi connectivity index (χ0) is 30.3. The molecule has 41 heavy (non-hydrogen) atoms. The maximum absolute atomic E-state index is 13.6. The van der Waals surface area contributed by atoms with Crippen LogP contribution >= 0.6 is 0 Å². The lowest BCUT2D eigenvalue weighted by Gasteiger charge is -2.28. The zero-order valence-corrected chi connectivity index (χ0v) is 22.7. The SMILES string of the molecule is C=CCO/N=C(\N)c1ccc(CNC(=O)Cn2c(C3=CC(C(F)(F)F)=CC(N)C3C)cnc(NC(=C)C)c2=O)cc1. The Bertz CT molecular complexity index is 1460. The van der Waals surface area contributed by atoms with Crippen LogP contribution in [0.2, 0.25) is 0 Å². The third-order valence-electron chi connectivity index (χ3n) is 6.16. The van der Waals surface area contributed by atoms with Gasteiger partial charge in [0.15, 0.2) is 11.7 Å². The summed E-state index contributed by atoms with van der Waals surface area (Å²) in [7, 11) is 0. The number of hydrogen-bond donors (Lipinski definition) is 4. The highest BCUT2D eigenvalue weighted by atomic mass is 19.4. The number of carbonyl (C=O) groups excluding carboxylic acids is 1. The van der Waals surface area contributed by atoms with Gasteiger partial charge < -0.3 is 26.9 Å². The molecule has 0 spiro atoms. The molecule has 13 heteroatoms. The molecule has 1 aliphatic rings. The molecule has 2 aromatic rings. The fourth-order valence-electron chi connectivity index (χ4n) is 3.96. The molecule has 1 aliphatic carbocycles. The number of allylic oxidation sites excluding steroid dienone is 3. The monoisotopic (exact) mass is 571 g/mol. The molecule has 1 heterocycles. The third kappa shape index (κ3) is 7.94. The summed E-state index contributed by atoms with van der Waals surface area (Å²) in [6.07, 6.45) is 0.00119. The average Bonchev–Trinajstić information content (AvgIpc) is 2.91. The van der Waals surface area contributed by atoms with Gasteiger partial charge in [0.25, 0.3) is 5.56 Å². The molecule has 0 radical (unpaired) electrons. The van der Waals surface area contributed by atoms with Crippen molar-refractivity contribution in [2.45, 2.75) is 39.2 Å². The van der Waals surface area contributed by atoms with Crippen LogP contribution in [0.1, 0.15) is 30.7 Å². The van der Waals surface area contributed by atoms with E-state index >= 15 is 0 Å². The summed E-state index contributed by atoms with van der Waals surface area (Å²) in [5.41, 5.74) is 12.2. The van der Waals surface area contributed by atoms with Gasteiger partial charge in [0.2, 0.25) is 5.91 Å². The number of anilines is 1. The summed E-state index contributed by atoms with van der Waals surface area (Å²) < 4.78 is 41.8. The predicted octanol–water partition coefficient (Wildman–Crippen LogP) is 3.18. The third-order valence-corrected chi connectivity index (χ3v) is 6.16. The van der Waals surface area contributed by atoms with Crippen LogP contribution in [0.25, 0.3) is 5.57 Å². The molecular formula is C28H32F3N7O3. The number of aromatic nitrogens is 2. The molecule has 1 amide bonds. The number of rotatable bonds is 11. The lowest BCUT2D eigenvalue weighted by atomic mass is 9.84. The van der Waals surface area contributed by atoms with Crippen LogP contribution in [0.5, 0.6) is 0 Å². The number of amidine groups is 1.